The highest BCUT2D eigenvalue weighted by atomic mass is 32.1. The molecule has 7 heteroatoms. The Kier molecular flexibility index (Phi) is 7.05. The van der Waals surface area contributed by atoms with Crippen LogP contribution in [0.25, 0.3) is 0 Å². The highest BCUT2D eigenvalue weighted by Crippen LogP contribution is 2.31. The molecule has 2 amide bonds. The van der Waals surface area contributed by atoms with Crippen LogP contribution in [0.1, 0.15) is 49.0 Å². The third-order valence-electron chi connectivity index (χ3n) is 4.96. The molecular weight excluding hydrogens is 398 g/mol. The Bertz CT molecular complexity index is 939. The predicted octanol–water partition coefficient (Wildman–Crippen LogP) is 4.65. The Morgan fingerprint density at radius 1 is 1.13 bits per heavy atom. The topological polar surface area (TPSA) is 79.5 Å². The number of hydrogen-bond acceptors (Lipinski definition) is 4. The van der Waals surface area contributed by atoms with Gasteiger partial charge in [0.15, 0.2) is 5.11 Å². The quantitative estimate of drug-likeness (QED) is 0.563. The minimum absolute atomic E-state index is 0.0480. The zero-order chi connectivity index (χ0) is 21.7. The average Bonchev–Trinajstić information content (AvgIpc) is 3.56. The van der Waals surface area contributed by atoms with Crippen molar-refractivity contribution in [1.82, 2.24) is 5.32 Å². The molecule has 2 aromatic carbocycles. The number of nitrogens with one attached hydrogen (secondary N) is 3. The summed E-state index contributed by atoms with van der Waals surface area (Å²) >= 11 is 5.27. The number of rotatable bonds is 7. The number of carbonyl (C=O) groups excluding carboxylic acids is 2. The molecular formula is C23H27N3O3S. The highest BCUT2D eigenvalue weighted by molar-refractivity contribution is 7.80. The molecule has 30 heavy (non-hydrogen) atoms. The summed E-state index contributed by atoms with van der Waals surface area (Å²) in [6, 6.07) is 12.5. The third kappa shape index (κ3) is 6.03. The predicted molar refractivity (Wildman–Crippen MR) is 123 cm³/mol. The van der Waals surface area contributed by atoms with E-state index in [0.717, 1.165) is 36.3 Å². The lowest BCUT2D eigenvalue weighted by molar-refractivity contribution is -0.117. The molecule has 2 aromatic rings. The molecule has 0 radical (unpaired) electrons. The van der Waals surface area contributed by atoms with Crippen molar-refractivity contribution >= 4 is 40.5 Å². The second-order valence-corrected chi connectivity index (χ2v) is 7.97. The Morgan fingerprint density at radius 3 is 2.47 bits per heavy atom. The van der Waals surface area contributed by atoms with E-state index in [4.69, 9.17) is 17.0 Å². The first-order valence-corrected chi connectivity index (χ1v) is 10.6. The molecule has 1 aliphatic rings. The summed E-state index contributed by atoms with van der Waals surface area (Å²) in [5.41, 5.74) is 2.87. The van der Waals surface area contributed by atoms with Crippen molar-refractivity contribution in [2.45, 2.75) is 46.1 Å². The maximum absolute atomic E-state index is 12.4. The van der Waals surface area contributed by atoms with Gasteiger partial charge < -0.3 is 15.4 Å². The lowest BCUT2D eigenvalue weighted by atomic mass is 10.1. The highest BCUT2D eigenvalue weighted by Gasteiger charge is 2.29. The van der Waals surface area contributed by atoms with Gasteiger partial charge in [-0.25, -0.2) is 0 Å². The molecule has 0 saturated heterocycles. The van der Waals surface area contributed by atoms with Crippen molar-refractivity contribution < 1.29 is 14.3 Å². The van der Waals surface area contributed by atoms with E-state index < -0.39 is 0 Å². The lowest BCUT2D eigenvalue weighted by Crippen LogP contribution is -2.34. The molecule has 1 fully saturated rings. The zero-order valence-corrected chi connectivity index (χ0v) is 18.3. The summed E-state index contributed by atoms with van der Waals surface area (Å²) in [4.78, 5) is 24.5. The van der Waals surface area contributed by atoms with E-state index in [2.05, 4.69) is 22.9 Å². The van der Waals surface area contributed by atoms with Gasteiger partial charge in [-0.2, -0.15) is 0 Å². The summed E-state index contributed by atoms with van der Waals surface area (Å²) < 4.78 is 5.73. The smallest absolute Gasteiger partial charge is 0.257 e. The summed E-state index contributed by atoms with van der Waals surface area (Å²) in [5.74, 6) is 0.592. The Balaban J connectivity index is 1.57. The van der Waals surface area contributed by atoms with Gasteiger partial charge in [-0.1, -0.05) is 13.0 Å². The molecule has 1 atom stereocenters. The number of benzene rings is 2. The Hall–Kier alpha value is -2.93. The molecule has 1 saturated carbocycles. The minimum Gasteiger partial charge on any atom is -0.491 e. The van der Waals surface area contributed by atoms with Gasteiger partial charge in [-0.15, -0.1) is 0 Å². The molecule has 1 aliphatic carbocycles. The van der Waals surface area contributed by atoms with Gasteiger partial charge in [-0.3, -0.25) is 14.9 Å². The van der Waals surface area contributed by atoms with Crippen LogP contribution in [0.5, 0.6) is 5.75 Å². The summed E-state index contributed by atoms with van der Waals surface area (Å²) in [6.45, 7) is 5.98. The molecule has 6 nitrogen and oxygen atoms in total. The maximum Gasteiger partial charge on any atom is 0.257 e. The van der Waals surface area contributed by atoms with Gasteiger partial charge in [0, 0.05) is 22.9 Å². The first kappa shape index (κ1) is 21.8. The Labute approximate surface area is 182 Å². The van der Waals surface area contributed by atoms with Crippen LogP contribution in [0.15, 0.2) is 42.5 Å². The number of anilines is 2. The van der Waals surface area contributed by atoms with Crippen molar-refractivity contribution in [2.75, 3.05) is 10.6 Å². The molecule has 0 heterocycles. The van der Waals surface area contributed by atoms with E-state index in [1.807, 2.05) is 32.0 Å². The summed E-state index contributed by atoms with van der Waals surface area (Å²) in [7, 11) is 0. The fourth-order valence-corrected chi connectivity index (χ4v) is 2.96. The van der Waals surface area contributed by atoms with Crippen LogP contribution in [0, 0.1) is 12.8 Å². The van der Waals surface area contributed by atoms with Crippen LogP contribution in [0.4, 0.5) is 11.4 Å². The van der Waals surface area contributed by atoms with Gasteiger partial charge >= 0.3 is 0 Å². The fraction of sp³-hybridized carbons (Fsp3) is 0.348. The molecule has 1 unspecified atom stereocenters. The summed E-state index contributed by atoms with van der Waals surface area (Å²) in [6.07, 6.45) is 2.93. The van der Waals surface area contributed by atoms with Crippen molar-refractivity contribution in [3.8, 4) is 5.75 Å². The fourth-order valence-electron chi connectivity index (χ4n) is 2.75. The molecule has 0 bridgehead atoms. The number of thiocarbonyl (C=S) groups is 1. The molecule has 0 aliphatic heterocycles. The maximum atomic E-state index is 12.4. The van der Waals surface area contributed by atoms with E-state index in [0.29, 0.717) is 11.3 Å². The average molecular weight is 426 g/mol. The van der Waals surface area contributed by atoms with E-state index in [1.54, 1.807) is 24.3 Å². The molecule has 3 rings (SSSR count). The van der Waals surface area contributed by atoms with Gasteiger partial charge in [0.1, 0.15) is 5.75 Å². The number of amides is 2. The monoisotopic (exact) mass is 425 g/mol. The lowest BCUT2D eigenvalue weighted by Gasteiger charge is -2.14. The first-order valence-electron chi connectivity index (χ1n) is 10.2. The van der Waals surface area contributed by atoms with E-state index in [-0.39, 0.29) is 28.9 Å². The first-order chi connectivity index (χ1) is 14.4. The van der Waals surface area contributed by atoms with Gasteiger partial charge in [0.05, 0.1) is 6.10 Å². The van der Waals surface area contributed by atoms with E-state index in [1.165, 1.54) is 0 Å². The second kappa shape index (κ2) is 9.71. The van der Waals surface area contributed by atoms with E-state index >= 15 is 0 Å². The van der Waals surface area contributed by atoms with Crippen molar-refractivity contribution in [1.29, 1.82) is 0 Å². The second-order valence-electron chi connectivity index (χ2n) is 7.56. The van der Waals surface area contributed by atoms with Gasteiger partial charge in [0.2, 0.25) is 5.91 Å². The normalized spacial score (nSPS) is 13.8. The minimum atomic E-state index is -0.308. The number of carbonyl (C=O) groups is 2. The van der Waals surface area contributed by atoms with Gasteiger partial charge in [0.25, 0.3) is 5.91 Å². The zero-order valence-electron chi connectivity index (χ0n) is 17.5. The van der Waals surface area contributed by atoms with Crippen LogP contribution < -0.4 is 20.7 Å². The number of aryl methyl sites for hydroxylation is 1. The van der Waals surface area contributed by atoms with Crippen molar-refractivity contribution in [2.24, 2.45) is 5.92 Å². The molecule has 0 aromatic heterocycles. The van der Waals surface area contributed by atoms with Gasteiger partial charge in [-0.05, 0) is 87.3 Å². The molecule has 158 valence electrons. The van der Waals surface area contributed by atoms with Crippen molar-refractivity contribution in [3.63, 3.8) is 0 Å². The van der Waals surface area contributed by atoms with Crippen molar-refractivity contribution in [3.05, 3.63) is 53.6 Å². The van der Waals surface area contributed by atoms with Crippen LogP contribution in [0.2, 0.25) is 0 Å². The largest absolute Gasteiger partial charge is 0.491 e. The molecule has 0 spiro atoms. The molecule has 3 N–H and O–H groups in total. The third-order valence-corrected chi connectivity index (χ3v) is 5.16. The van der Waals surface area contributed by atoms with Crippen LogP contribution >= 0.6 is 12.2 Å². The van der Waals surface area contributed by atoms with E-state index in [9.17, 15) is 9.59 Å². The SMILES string of the molecule is CCC(C)Oc1ccc(C(=O)NC(=S)Nc2ccc(C)c(NC(=O)C3CC3)c2)cc1. The van der Waals surface area contributed by atoms with Crippen LogP contribution in [0.3, 0.4) is 0 Å². The van der Waals surface area contributed by atoms with Crippen LogP contribution in [-0.2, 0) is 4.79 Å². The van der Waals surface area contributed by atoms with Crippen LogP contribution in [-0.4, -0.2) is 23.0 Å². The number of hydrogen-bond donors (Lipinski definition) is 3. The standard InChI is InChI=1S/C23H27N3O3S/c1-4-15(3)29-19-11-8-17(9-12-19)22(28)26-23(30)24-18-10-5-14(2)20(13-18)25-21(27)16-6-7-16/h5,8-13,15-16H,4,6-7H2,1-3H3,(H,25,27)(H2,24,26,28,30). The Morgan fingerprint density at radius 2 is 1.83 bits per heavy atom. The number of ether oxygens (including phenoxy) is 1. The summed E-state index contributed by atoms with van der Waals surface area (Å²) in [5, 5.41) is 8.81.